The van der Waals surface area contributed by atoms with Gasteiger partial charge in [-0.05, 0) is 47.0 Å². The third-order valence-electron chi connectivity index (χ3n) is 3.55. The maximum atomic E-state index is 11.8. The molecule has 1 atom stereocenters. The van der Waals surface area contributed by atoms with Crippen LogP contribution in [0.15, 0.2) is 19.8 Å². The van der Waals surface area contributed by atoms with Crippen molar-refractivity contribution in [1.82, 2.24) is 0 Å². The second-order valence-corrected chi connectivity index (χ2v) is 6.47. The Morgan fingerprint density at radius 3 is 2.84 bits per heavy atom. The van der Waals surface area contributed by atoms with Gasteiger partial charge in [-0.25, -0.2) is 4.79 Å². The smallest absolute Gasteiger partial charge is 0.350 e. The lowest BCUT2D eigenvalue weighted by Crippen LogP contribution is -2.13. The number of hydrogen-bond acceptors (Lipinski definition) is 3. The molecule has 1 unspecified atom stereocenters. The number of ether oxygens (including phenoxy) is 1. The number of halogens is 2. The molecule has 3 rings (SSSR count). The van der Waals surface area contributed by atoms with Crippen molar-refractivity contribution < 1.29 is 9.15 Å². The fourth-order valence-corrected chi connectivity index (χ4v) is 3.31. The van der Waals surface area contributed by atoms with Gasteiger partial charge in [0, 0.05) is 21.8 Å². The summed E-state index contributed by atoms with van der Waals surface area (Å²) in [5, 5.41) is 0.987. The number of fused-ring (bicyclic) bond motifs is 2. The molecule has 3 nitrogen and oxygen atoms in total. The normalized spacial score (nSPS) is 17.6. The summed E-state index contributed by atoms with van der Waals surface area (Å²) in [6.07, 6.45) is 1.15. The van der Waals surface area contributed by atoms with Crippen LogP contribution in [-0.4, -0.2) is 10.5 Å². The fraction of sp³-hybridized carbons (Fsp3) is 0.357. The first-order valence-corrected chi connectivity index (χ1v) is 8.32. The van der Waals surface area contributed by atoms with Crippen LogP contribution in [0.3, 0.4) is 0 Å². The minimum Gasteiger partial charge on any atom is -0.489 e. The topological polar surface area (TPSA) is 39.4 Å². The molecule has 0 saturated heterocycles. The highest BCUT2D eigenvalue weighted by Gasteiger charge is 2.26. The van der Waals surface area contributed by atoms with E-state index in [9.17, 15) is 4.79 Å². The van der Waals surface area contributed by atoms with Gasteiger partial charge in [0.25, 0.3) is 0 Å². The number of rotatable bonds is 1. The van der Waals surface area contributed by atoms with Crippen LogP contribution >= 0.6 is 38.5 Å². The first-order chi connectivity index (χ1) is 9.02. The van der Waals surface area contributed by atoms with E-state index in [4.69, 9.17) is 9.15 Å². The van der Waals surface area contributed by atoms with Crippen LogP contribution in [0.1, 0.15) is 16.7 Å². The molecule has 2 heterocycles. The summed E-state index contributed by atoms with van der Waals surface area (Å²) < 4.78 is 12.8. The van der Waals surface area contributed by atoms with Crippen molar-refractivity contribution in [1.29, 1.82) is 0 Å². The van der Waals surface area contributed by atoms with Gasteiger partial charge in [-0.1, -0.05) is 22.6 Å². The number of hydrogen-bond donors (Lipinski definition) is 0. The van der Waals surface area contributed by atoms with Crippen molar-refractivity contribution in [2.75, 3.05) is 4.43 Å². The van der Waals surface area contributed by atoms with Crippen molar-refractivity contribution in [2.45, 2.75) is 26.4 Å². The second-order valence-electron chi connectivity index (χ2n) is 4.79. The SMILES string of the molecule is Cc1c(Br)c(=O)oc2c(C)c3c(cc12)CC(CI)O3. The van der Waals surface area contributed by atoms with Crippen LogP contribution in [-0.2, 0) is 6.42 Å². The Bertz CT molecular complexity index is 736. The van der Waals surface area contributed by atoms with Gasteiger partial charge in [0.15, 0.2) is 0 Å². The predicted octanol–water partition coefficient (Wildman–Crippen LogP) is 3.91. The maximum absolute atomic E-state index is 11.8. The summed E-state index contributed by atoms with van der Waals surface area (Å²) in [5.41, 5.74) is 3.35. The highest BCUT2D eigenvalue weighted by molar-refractivity contribution is 14.1. The van der Waals surface area contributed by atoms with Crippen LogP contribution in [0.25, 0.3) is 11.0 Å². The lowest BCUT2D eigenvalue weighted by molar-refractivity contribution is 0.261. The van der Waals surface area contributed by atoms with E-state index in [1.165, 1.54) is 5.56 Å². The van der Waals surface area contributed by atoms with Crippen molar-refractivity contribution in [3.8, 4) is 5.75 Å². The molecule has 19 heavy (non-hydrogen) atoms. The van der Waals surface area contributed by atoms with Gasteiger partial charge in [-0.15, -0.1) is 0 Å². The lowest BCUT2D eigenvalue weighted by Gasteiger charge is -2.10. The molecule has 0 saturated carbocycles. The van der Waals surface area contributed by atoms with Crippen LogP contribution in [0.5, 0.6) is 5.75 Å². The Kier molecular flexibility index (Phi) is 3.37. The number of alkyl halides is 1. The van der Waals surface area contributed by atoms with E-state index < -0.39 is 0 Å². The lowest BCUT2D eigenvalue weighted by atomic mass is 10.0. The van der Waals surface area contributed by atoms with E-state index >= 15 is 0 Å². The zero-order valence-electron chi connectivity index (χ0n) is 10.5. The molecule has 2 aromatic rings. The van der Waals surface area contributed by atoms with Crippen molar-refractivity contribution in [3.63, 3.8) is 0 Å². The summed E-state index contributed by atoms with van der Waals surface area (Å²) >= 11 is 5.62. The average molecular weight is 435 g/mol. The van der Waals surface area contributed by atoms with Gasteiger partial charge >= 0.3 is 5.63 Å². The molecule has 0 fully saturated rings. The van der Waals surface area contributed by atoms with Crippen LogP contribution in [0.4, 0.5) is 0 Å². The summed E-state index contributed by atoms with van der Waals surface area (Å²) in [6.45, 7) is 3.88. The first-order valence-electron chi connectivity index (χ1n) is 6.01. The largest absolute Gasteiger partial charge is 0.489 e. The second kappa shape index (κ2) is 4.77. The molecule has 0 N–H and O–H groups in total. The first kappa shape index (κ1) is 13.4. The van der Waals surface area contributed by atoms with Crippen molar-refractivity contribution in [2.24, 2.45) is 0 Å². The predicted molar refractivity (Wildman–Crippen MR) is 86.7 cm³/mol. The molecule has 1 aromatic heterocycles. The van der Waals surface area contributed by atoms with Gasteiger partial charge in [0.1, 0.15) is 21.9 Å². The Balaban J connectivity index is 2.35. The summed E-state index contributed by atoms with van der Waals surface area (Å²) in [5.74, 6) is 0.888. The Morgan fingerprint density at radius 1 is 1.42 bits per heavy atom. The van der Waals surface area contributed by atoms with Gasteiger partial charge in [-0.3, -0.25) is 0 Å². The van der Waals surface area contributed by atoms with Gasteiger partial charge < -0.3 is 9.15 Å². The standard InChI is InChI=1S/C14H12BrIO3/c1-6-10-4-8-3-9(5-16)18-12(8)7(2)13(10)19-14(17)11(6)15/h4,9H,3,5H2,1-2H3. The molecule has 1 aliphatic rings. The molecule has 100 valence electrons. The zero-order chi connectivity index (χ0) is 13.7. The van der Waals surface area contributed by atoms with Crippen LogP contribution < -0.4 is 10.4 Å². The molecule has 0 amide bonds. The van der Waals surface area contributed by atoms with E-state index in [1.54, 1.807) is 0 Å². The van der Waals surface area contributed by atoms with E-state index in [0.717, 1.165) is 33.1 Å². The minimum atomic E-state index is -0.337. The molecule has 0 spiro atoms. The van der Waals surface area contributed by atoms with E-state index in [1.807, 2.05) is 13.8 Å². The monoisotopic (exact) mass is 434 g/mol. The molecule has 0 aliphatic carbocycles. The Hall–Kier alpha value is -0.560. The molecule has 0 bridgehead atoms. The fourth-order valence-electron chi connectivity index (χ4n) is 2.53. The maximum Gasteiger partial charge on any atom is 0.350 e. The quantitative estimate of drug-likeness (QED) is 0.388. The highest BCUT2D eigenvalue weighted by Crippen LogP contribution is 2.39. The molecular formula is C14H12BrIO3. The van der Waals surface area contributed by atoms with Crippen LogP contribution in [0.2, 0.25) is 0 Å². The molecule has 1 aromatic carbocycles. The van der Waals surface area contributed by atoms with Crippen molar-refractivity contribution >= 4 is 49.5 Å². The molecular weight excluding hydrogens is 423 g/mol. The van der Waals surface area contributed by atoms with Gasteiger partial charge in [-0.2, -0.15) is 0 Å². The molecule has 0 radical (unpaired) electrons. The van der Waals surface area contributed by atoms with Gasteiger partial charge in [0.05, 0.1) is 0 Å². The zero-order valence-corrected chi connectivity index (χ0v) is 14.3. The van der Waals surface area contributed by atoms with E-state index in [0.29, 0.717) is 10.1 Å². The Morgan fingerprint density at radius 2 is 2.16 bits per heavy atom. The van der Waals surface area contributed by atoms with E-state index in [2.05, 4.69) is 44.6 Å². The van der Waals surface area contributed by atoms with Crippen LogP contribution in [0, 0.1) is 13.8 Å². The third kappa shape index (κ3) is 2.01. The number of benzene rings is 1. The average Bonchev–Trinajstić information content (AvgIpc) is 2.81. The highest BCUT2D eigenvalue weighted by atomic mass is 127. The third-order valence-corrected chi connectivity index (χ3v) is 5.45. The minimum absolute atomic E-state index is 0.224. The van der Waals surface area contributed by atoms with Gasteiger partial charge in [0.2, 0.25) is 0 Å². The summed E-state index contributed by atoms with van der Waals surface area (Å²) in [4.78, 5) is 11.8. The summed E-state index contributed by atoms with van der Waals surface area (Å²) in [6, 6.07) is 2.09. The van der Waals surface area contributed by atoms with E-state index in [-0.39, 0.29) is 11.7 Å². The number of aryl methyl sites for hydroxylation is 2. The summed E-state index contributed by atoms with van der Waals surface area (Å²) in [7, 11) is 0. The Labute approximate surface area is 132 Å². The molecule has 1 aliphatic heterocycles. The molecule has 5 heteroatoms. The van der Waals surface area contributed by atoms with Crippen molar-refractivity contribution in [3.05, 3.63) is 37.6 Å².